The zero-order valence-electron chi connectivity index (χ0n) is 12.0. The number of hydrogen-bond acceptors (Lipinski definition) is 4. The summed E-state index contributed by atoms with van der Waals surface area (Å²) in [4.78, 5) is 8.17. The number of rotatable bonds is 7. The van der Waals surface area contributed by atoms with Crippen molar-refractivity contribution in [3.05, 3.63) is 42.7 Å². The maximum Gasteiger partial charge on any atom is 0.411 e. The molecule has 1 unspecified atom stereocenters. The topological polar surface area (TPSA) is 44.2 Å². The molecule has 8 heteroatoms. The van der Waals surface area contributed by atoms with Gasteiger partial charge in [0.2, 0.25) is 0 Å². The van der Waals surface area contributed by atoms with Gasteiger partial charge < -0.3 is 9.47 Å². The predicted molar refractivity (Wildman–Crippen MR) is 74.7 cm³/mol. The highest BCUT2D eigenvalue weighted by Crippen LogP contribution is 2.19. The maximum absolute atomic E-state index is 13.4. The minimum atomic E-state index is -4.46. The molecule has 2 aromatic rings. The van der Waals surface area contributed by atoms with Crippen LogP contribution in [0.4, 0.5) is 17.6 Å². The van der Waals surface area contributed by atoms with E-state index < -0.39 is 25.6 Å². The average Bonchev–Trinajstić information content (AvgIpc) is 2.53. The zero-order chi connectivity index (χ0) is 16.7. The van der Waals surface area contributed by atoms with Crippen molar-refractivity contribution in [3.8, 4) is 17.1 Å². The molecule has 0 aliphatic rings. The Morgan fingerprint density at radius 2 is 1.65 bits per heavy atom. The summed E-state index contributed by atoms with van der Waals surface area (Å²) in [7, 11) is 0. The Kier molecular flexibility index (Phi) is 5.86. The molecule has 2 rings (SSSR count). The van der Waals surface area contributed by atoms with Gasteiger partial charge in [-0.2, -0.15) is 13.2 Å². The molecular weight excluding hydrogens is 316 g/mol. The van der Waals surface area contributed by atoms with Gasteiger partial charge in [-0.1, -0.05) is 0 Å². The Morgan fingerprint density at radius 3 is 2.26 bits per heavy atom. The third-order valence-corrected chi connectivity index (χ3v) is 2.67. The van der Waals surface area contributed by atoms with Crippen LogP contribution >= 0.6 is 0 Å². The van der Waals surface area contributed by atoms with E-state index in [-0.39, 0.29) is 6.61 Å². The SMILES string of the molecule is FC(COCC(F)(F)F)COc1ccc(-c2ncccn2)cc1. The highest BCUT2D eigenvalue weighted by atomic mass is 19.4. The van der Waals surface area contributed by atoms with Crippen LogP contribution in [0.1, 0.15) is 0 Å². The monoisotopic (exact) mass is 330 g/mol. The lowest BCUT2D eigenvalue weighted by atomic mass is 10.2. The van der Waals surface area contributed by atoms with Crippen LogP contribution in [-0.4, -0.2) is 42.1 Å². The quantitative estimate of drug-likeness (QED) is 0.730. The van der Waals surface area contributed by atoms with Crippen molar-refractivity contribution in [2.45, 2.75) is 12.3 Å². The maximum atomic E-state index is 13.4. The number of nitrogens with zero attached hydrogens (tertiary/aromatic N) is 2. The molecule has 4 nitrogen and oxygen atoms in total. The van der Waals surface area contributed by atoms with E-state index in [1.807, 2.05) is 0 Å². The van der Waals surface area contributed by atoms with Crippen LogP contribution in [0.15, 0.2) is 42.7 Å². The summed E-state index contributed by atoms with van der Waals surface area (Å²) >= 11 is 0. The highest BCUT2D eigenvalue weighted by molar-refractivity contribution is 5.55. The number of halogens is 4. The predicted octanol–water partition coefficient (Wildman–Crippen LogP) is 3.44. The van der Waals surface area contributed by atoms with Gasteiger partial charge in [0, 0.05) is 18.0 Å². The molecule has 1 heterocycles. The van der Waals surface area contributed by atoms with Gasteiger partial charge in [-0.3, -0.25) is 0 Å². The molecule has 23 heavy (non-hydrogen) atoms. The molecule has 0 saturated carbocycles. The summed E-state index contributed by atoms with van der Waals surface area (Å²) in [5.74, 6) is 0.936. The molecule has 0 N–H and O–H groups in total. The van der Waals surface area contributed by atoms with E-state index in [0.717, 1.165) is 5.56 Å². The molecule has 0 fully saturated rings. The standard InChI is InChI=1S/C15H14F4N2O2/c16-12(8-22-10-15(17,18)19)9-23-13-4-2-11(3-5-13)14-20-6-1-7-21-14/h1-7,12H,8-10H2. The van der Waals surface area contributed by atoms with Gasteiger partial charge in [0.15, 0.2) is 12.0 Å². The van der Waals surface area contributed by atoms with E-state index in [0.29, 0.717) is 11.6 Å². The van der Waals surface area contributed by atoms with Crippen LogP contribution in [0.2, 0.25) is 0 Å². The number of hydrogen-bond donors (Lipinski definition) is 0. The van der Waals surface area contributed by atoms with Crippen LogP contribution in [0.5, 0.6) is 5.75 Å². The summed E-state index contributed by atoms with van der Waals surface area (Å²) in [6, 6.07) is 8.32. The van der Waals surface area contributed by atoms with Crippen molar-refractivity contribution in [1.29, 1.82) is 0 Å². The molecule has 0 aliphatic carbocycles. The van der Waals surface area contributed by atoms with Gasteiger partial charge in [0.1, 0.15) is 19.0 Å². The van der Waals surface area contributed by atoms with Crippen LogP contribution in [-0.2, 0) is 4.74 Å². The van der Waals surface area contributed by atoms with Crippen molar-refractivity contribution in [1.82, 2.24) is 9.97 Å². The Morgan fingerprint density at radius 1 is 1.00 bits per heavy atom. The molecule has 0 aliphatic heterocycles. The van der Waals surface area contributed by atoms with E-state index in [4.69, 9.17) is 4.74 Å². The van der Waals surface area contributed by atoms with Crippen molar-refractivity contribution < 1.29 is 27.0 Å². The molecule has 1 aromatic heterocycles. The summed E-state index contributed by atoms with van der Waals surface area (Å²) in [6.07, 6.45) is -2.88. The third kappa shape index (κ3) is 6.19. The van der Waals surface area contributed by atoms with Crippen LogP contribution in [0, 0.1) is 0 Å². The summed E-state index contributed by atoms with van der Waals surface area (Å²) < 4.78 is 58.3. The van der Waals surface area contributed by atoms with E-state index >= 15 is 0 Å². The Balaban J connectivity index is 1.78. The molecule has 1 atom stereocenters. The van der Waals surface area contributed by atoms with Crippen molar-refractivity contribution in [3.63, 3.8) is 0 Å². The molecule has 0 spiro atoms. The number of alkyl halides is 4. The molecule has 124 valence electrons. The van der Waals surface area contributed by atoms with Gasteiger partial charge in [0.25, 0.3) is 0 Å². The first-order chi connectivity index (χ1) is 10.9. The van der Waals surface area contributed by atoms with Crippen molar-refractivity contribution in [2.75, 3.05) is 19.8 Å². The van der Waals surface area contributed by atoms with Crippen molar-refractivity contribution in [2.24, 2.45) is 0 Å². The first kappa shape index (κ1) is 17.1. The second kappa shape index (κ2) is 7.87. The Bertz CT molecular complexity index is 591. The smallest absolute Gasteiger partial charge is 0.411 e. The van der Waals surface area contributed by atoms with Gasteiger partial charge >= 0.3 is 6.18 Å². The highest BCUT2D eigenvalue weighted by Gasteiger charge is 2.28. The van der Waals surface area contributed by atoms with E-state index in [2.05, 4.69) is 14.7 Å². The lowest BCUT2D eigenvalue weighted by Crippen LogP contribution is -2.24. The van der Waals surface area contributed by atoms with E-state index in [1.54, 1.807) is 42.7 Å². The fourth-order valence-electron chi connectivity index (χ4n) is 1.69. The fraction of sp³-hybridized carbons (Fsp3) is 0.333. The molecular formula is C15H14F4N2O2. The molecule has 0 saturated heterocycles. The molecule has 1 aromatic carbocycles. The second-order valence-electron chi connectivity index (χ2n) is 4.64. The fourth-order valence-corrected chi connectivity index (χ4v) is 1.69. The molecule has 0 radical (unpaired) electrons. The number of aromatic nitrogens is 2. The van der Waals surface area contributed by atoms with Gasteiger partial charge in [-0.05, 0) is 30.3 Å². The summed E-state index contributed by atoms with van der Waals surface area (Å²) in [5.41, 5.74) is 0.767. The molecule has 0 amide bonds. The van der Waals surface area contributed by atoms with Gasteiger partial charge in [-0.15, -0.1) is 0 Å². The average molecular weight is 330 g/mol. The zero-order valence-corrected chi connectivity index (χ0v) is 12.0. The molecule has 0 bridgehead atoms. The minimum absolute atomic E-state index is 0.390. The Labute approximate surface area is 130 Å². The van der Waals surface area contributed by atoms with Crippen LogP contribution in [0.3, 0.4) is 0 Å². The number of ether oxygens (including phenoxy) is 2. The lowest BCUT2D eigenvalue weighted by Gasteiger charge is -2.12. The number of benzene rings is 1. The van der Waals surface area contributed by atoms with Gasteiger partial charge in [-0.25, -0.2) is 14.4 Å². The van der Waals surface area contributed by atoms with E-state index in [1.165, 1.54) is 0 Å². The summed E-state index contributed by atoms with van der Waals surface area (Å²) in [5, 5.41) is 0. The van der Waals surface area contributed by atoms with Gasteiger partial charge in [0.05, 0.1) is 6.61 Å². The lowest BCUT2D eigenvalue weighted by molar-refractivity contribution is -0.177. The second-order valence-corrected chi connectivity index (χ2v) is 4.64. The largest absolute Gasteiger partial charge is 0.490 e. The third-order valence-electron chi connectivity index (χ3n) is 2.67. The van der Waals surface area contributed by atoms with Crippen LogP contribution in [0.25, 0.3) is 11.4 Å². The minimum Gasteiger partial charge on any atom is -0.490 e. The Hall–Kier alpha value is -2.22. The normalized spacial score (nSPS) is 12.9. The summed E-state index contributed by atoms with van der Waals surface area (Å²) in [6.45, 7) is -2.53. The first-order valence-corrected chi connectivity index (χ1v) is 6.73. The first-order valence-electron chi connectivity index (χ1n) is 6.73. The van der Waals surface area contributed by atoms with E-state index in [9.17, 15) is 17.6 Å². The van der Waals surface area contributed by atoms with Crippen molar-refractivity contribution >= 4 is 0 Å². The van der Waals surface area contributed by atoms with Crippen LogP contribution < -0.4 is 4.74 Å².